The van der Waals surface area contributed by atoms with Gasteiger partial charge in [0.25, 0.3) is 11.5 Å². The molecule has 0 saturated heterocycles. The molecule has 0 aliphatic heterocycles. The van der Waals surface area contributed by atoms with Crippen molar-refractivity contribution in [2.24, 2.45) is 12.8 Å². The molecular weight excluding hydrogens is 230 g/mol. The van der Waals surface area contributed by atoms with Gasteiger partial charge in [-0.3, -0.25) is 9.59 Å². The van der Waals surface area contributed by atoms with Crippen LogP contribution in [0.15, 0.2) is 23.1 Å². The van der Waals surface area contributed by atoms with Crippen molar-refractivity contribution in [3.63, 3.8) is 0 Å². The molecule has 0 bridgehead atoms. The highest BCUT2D eigenvalue weighted by Crippen LogP contribution is 2.17. The van der Waals surface area contributed by atoms with Gasteiger partial charge in [-0.25, -0.2) is 0 Å². The van der Waals surface area contributed by atoms with E-state index in [1.165, 1.54) is 10.6 Å². The second-order valence-electron chi connectivity index (χ2n) is 4.89. The van der Waals surface area contributed by atoms with Gasteiger partial charge in [-0.2, -0.15) is 0 Å². The topological polar surface area (TPSA) is 77.1 Å². The van der Waals surface area contributed by atoms with E-state index in [2.05, 4.69) is 5.32 Å². The van der Waals surface area contributed by atoms with Crippen molar-refractivity contribution in [1.82, 2.24) is 9.88 Å². The molecule has 1 amide bonds. The van der Waals surface area contributed by atoms with Crippen molar-refractivity contribution in [2.45, 2.75) is 37.8 Å². The molecule has 1 saturated carbocycles. The summed E-state index contributed by atoms with van der Waals surface area (Å²) in [5, 5.41) is 2.92. The Balaban J connectivity index is 2.07. The molecule has 0 radical (unpaired) electrons. The number of pyridine rings is 1. The number of aromatic nitrogens is 1. The Bertz CT molecular complexity index is 495. The van der Waals surface area contributed by atoms with Gasteiger partial charge in [0.1, 0.15) is 0 Å². The van der Waals surface area contributed by atoms with Crippen LogP contribution in [0.1, 0.15) is 36.0 Å². The Morgan fingerprint density at radius 3 is 2.83 bits per heavy atom. The van der Waals surface area contributed by atoms with Gasteiger partial charge in [0, 0.05) is 37.0 Å². The van der Waals surface area contributed by atoms with Crippen LogP contribution in [-0.2, 0) is 7.05 Å². The minimum absolute atomic E-state index is 0.0224. The molecular formula is C13H19N3O2. The quantitative estimate of drug-likeness (QED) is 0.795. The van der Waals surface area contributed by atoms with Crippen LogP contribution in [0.2, 0.25) is 0 Å². The van der Waals surface area contributed by atoms with Crippen LogP contribution in [0.3, 0.4) is 0 Å². The number of carbonyl (C=O) groups excluding carboxylic acids is 1. The van der Waals surface area contributed by atoms with E-state index < -0.39 is 0 Å². The second kappa shape index (κ2) is 5.35. The van der Waals surface area contributed by atoms with E-state index in [4.69, 9.17) is 5.73 Å². The maximum Gasteiger partial charge on any atom is 0.251 e. The lowest BCUT2D eigenvalue weighted by molar-refractivity contribution is 0.0921. The molecule has 1 aliphatic carbocycles. The molecule has 1 aliphatic rings. The van der Waals surface area contributed by atoms with Crippen molar-refractivity contribution < 1.29 is 4.79 Å². The van der Waals surface area contributed by atoms with Crippen LogP contribution in [-0.4, -0.2) is 22.6 Å². The third-order valence-corrected chi connectivity index (χ3v) is 3.50. The predicted octanol–water partition coefficient (Wildman–Crippen LogP) is 0.385. The second-order valence-corrected chi connectivity index (χ2v) is 4.89. The number of nitrogens with zero attached hydrogens (tertiary/aromatic N) is 1. The zero-order valence-corrected chi connectivity index (χ0v) is 10.6. The van der Waals surface area contributed by atoms with E-state index in [0.717, 1.165) is 25.7 Å². The van der Waals surface area contributed by atoms with Crippen molar-refractivity contribution in [3.8, 4) is 0 Å². The van der Waals surface area contributed by atoms with E-state index in [-0.39, 0.29) is 23.6 Å². The first-order valence-corrected chi connectivity index (χ1v) is 6.31. The van der Waals surface area contributed by atoms with Gasteiger partial charge in [0.05, 0.1) is 0 Å². The van der Waals surface area contributed by atoms with Crippen molar-refractivity contribution in [1.29, 1.82) is 0 Å². The summed E-state index contributed by atoms with van der Waals surface area (Å²) in [6, 6.07) is 3.04. The van der Waals surface area contributed by atoms with Crippen LogP contribution >= 0.6 is 0 Å². The lowest BCUT2D eigenvalue weighted by atomic mass is 9.91. The molecule has 5 nitrogen and oxygen atoms in total. The molecule has 1 fully saturated rings. The SMILES string of the molecule is Cn1ccc(C(=O)NC2CCCCC2N)cc1=O. The zero-order chi connectivity index (χ0) is 13.1. The molecule has 5 heteroatoms. The molecule has 2 rings (SSSR count). The lowest BCUT2D eigenvalue weighted by Gasteiger charge is -2.29. The van der Waals surface area contributed by atoms with Gasteiger partial charge in [-0.15, -0.1) is 0 Å². The van der Waals surface area contributed by atoms with Gasteiger partial charge in [0.15, 0.2) is 0 Å². The van der Waals surface area contributed by atoms with E-state index in [1.54, 1.807) is 19.3 Å². The molecule has 18 heavy (non-hydrogen) atoms. The number of carbonyl (C=O) groups is 1. The Labute approximate surface area is 106 Å². The maximum atomic E-state index is 12.0. The van der Waals surface area contributed by atoms with E-state index in [1.807, 2.05) is 0 Å². The van der Waals surface area contributed by atoms with Crippen LogP contribution in [0, 0.1) is 0 Å². The summed E-state index contributed by atoms with van der Waals surface area (Å²) in [5.41, 5.74) is 6.19. The maximum absolute atomic E-state index is 12.0. The molecule has 0 spiro atoms. The number of aryl methyl sites for hydroxylation is 1. The van der Waals surface area contributed by atoms with E-state index in [0.29, 0.717) is 5.56 Å². The van der Waals surface area contributed by atoms with E-state index >= 15 is 0 Å². The minimum Gasteiger partial charge on any atom is -0.348 e. The van der Waals surface area contributed by atoms with E-state index in [9.17, 15) is 9.59 Å². The van der Waals surface area contributed by atoms with Crippen LogP contribution in [0.4, 0.5) is 0 Å². The average molecular weight is 249 g/mol. The van der Waals surface area contributed by atoms with Gasteiger partial charge in [-0.1, -0.05) is 12.8 Å². The largest absolute Gasteiger partial charge is 0.348 e. The first-order chi connectivity index (χ1) is 8.58. The highest BCUT2D eigenvalue weighted by molar-refractivity contribution is 5.94. The van der Waals surface area contributed by atoms with Crippen molar-refractivity contribution >= 4 is 5.91 Å². The third kappa shape index (κ3) is 2.79. The van der Waals surface area contributed by atoms with Gasteiger partial charge >= 0.3 is 0 Å². The lowest BCUT2D eigenvalue weighted by Crippen LogP contribution is -2.49. The number of hydrogen-bond donors (Lipinski definition) is 2. The number of nitrogens with two attached hydrogens (primary N) is 1. The van der Waals surface area contributed by atoms with Crippen LogP contribution < -0.4 is 16.6 Å². The molecule has 3 N–H and O–H groups in total. The van der Waals surface area contributed by atoms with Crippen molar-refractivity contribution in [2.75, 3.05) is 0 Å². The normalized spacial score (nSPS) is 23.7. The first kappa shape index (κ1) is 12.8. The summed E-state index contributed by atoms with van der Waals surface area (Å²) in [6.07, 6.45) is 5.67. The predicted molar refractivity (Wildman–Crippen MR) is 69.4 cm³/mol. The molecule has 1 aromatic heterocycles. The van der Waals surface area contributed by atoms with Gasteiger partial charge < -0.3 is 15.6 Å². The van der Waals surface area contributed by atoms with Gasteiger partial charge in [0.2, 0.25) is 0 Å². The summed E-state index contributed by atoms with van der Waals surface area (Å²) < 4.78 is 1.43. The number of rotatable bonds is 2. The Morgan fingerprint density at radius 1 is 1.44 bits per heavy atom. The summed E-state index contributed by atoms with van der Waals surface area (Å²) in [4.78, 5) is 23.5. The van der Waals surface area contributed by atoms with Crippen LogP contribution in [0.5, 0.6) is 0 Å². The molecule has 1 aromatic rings. The minimum atomic E-state index is -0.213. The standard InChI is InChI=1S/C13H19N3O2/c1-16-7-6-9(8-12(16)17)13(18)15-11-5-3-2-4-10(11)14/h6-8,10-11H,2-5,14H2,1H3,(H,15,18). The molecule has 0 aromatic carbocycles. The number of amides is 1. The zero-order valence-electron chi connectivity index (χ0n) is 10.6. The molecule has 1 heterocycles. The highest BCUT2D eigenvalue weighted by Gasteiger charge is 2.23. The monoisotopic (exact) mass is 249 g/mol. The molecule has 2 unspecified atom stereocenters. The molecule has 2 atom stereocenters. The summed E-state index contributed by atoms with van der Waals surface area (Å²) in [7, 11) is 1.65. The Kier molecular flexibility index (Phi) is 3.81. The first-order valence-electron chi connectivity index (χ1n) is 6.31. The summed E-state index contributed by atoms with van der Waals surface area (Å²) in [6.45, 7) is 0. The Hall–Kier alpha value is -1.62. The highest BCUT2D eigenvalue weighted by atomic mass is 16.2. The average Bonchev–Trinajstić information content (AvgIpc) is 2.35. The van der Waals surface area contributed by atoms with Gasteiger partial charge in [-0.05, 0) is 18.9 Å². The fourth-order valence-corrected chi connectivity index (χ4v) is 2.28. The molecule has 98 valence electrons. The van der Waals surface area contributed by atoms with Crippen LogP contribution in [0.25, 0.3) is 0 Å². The summed E-state index contributed by atoms with van der Waals surface area (Å²) >= 11 is 0. The van der Waals surface area contributed by atoms with Crippen molar-refractivity contribution in [3.05, 3.63) is 34.2 Å². The number of hydrogen-bond acceptors (Lipinski definition) is 3. The Morgan fingerprint density at radius 2 is 2.17 bits per heavy atom. The smallest absolute Gasteiger partial charge is 0.251 e. The fraction of sp³-hybridized carbons (Fsp3) is 0.538. The fourth-order valence-electron chi connectivity index (χ4n) is 2.28. The summed E-state index contributed by atoms with van der Waals surface area (Å²) in [5.74, 6) is -0.213. The third-order valence-electron chi connectivity index (χ3n) is 3.50. The number of nitrogens with one attached hydrogen (secondary N) is 1.